The zero-order valence-corrected chi connectivity index (χ0v) is 15.2. The molecule has 9 nitrogen and oxygen atoms in total. The Labute approximate surface area is 152 Å². The Morgan fingerprint density at radius 1 is 1.33 bits per heavy atom. The number of nitrogens with one attached hydrogen (secondary N) is 1. The lowest BCUT2D eigenvalue weighted by molar-refractivity contribution is -0.176. The number of hydrogen-bond donors (Lipinski definition) is 1. The molecule has 1 saturated heterocycles. The summed E-state index contributed by atoms with van der Waals surface area (Å²) >= 11 is 0. The molecular formula is C16H20F2N2O7. The van der Waals surface area contributed by atoms with Crippen molar-refractivity contribution in [2.24, 2.45) is 0 Å². The number of halogens is 2. The third-order valence-corrected chi connectivity index (χ3v) is 4.08. The van der Waals surface area contributed by atoms with Gasteiger partial charge < -0.3 is 14.2 Å². The van der Waals surface area contributed by atoms with E-state index in [9.17, 15) is 28.0 Å². The van der Waals surface area contributed by atoms with E-state index in [0.717, 1.165) is 20.0 Å². The van der Waals surface area contributed by atoms with E-state index in [1.165, 1.54) is 6.92 Å². The van der Waals surface area contributed by atoms with E-state index < -0.39 is 53.6 Å². The third-order valence-electron chi connectivity index (χ3n) is 4.08. The Morgan fingerprint density at radius 2 is 1.96 bits per heavy atom. The lowest BCUT2D eigenvalue weighted by Crippen LogP contribution is -2.47. The van der Waals surface area contributed by atoms with Gasteiger partial charge in [0.15, 0.2) is 6.10 Å². The molecule has 0 saturated carbocycles. The largest absolute Gasteiger partial charge is 0.460 e. The molecule has 2 rings (SSSR count). The average Bonchev–Trinajstić information content (AvgIpc) is 2.78. The lowest BCUT2D eigenvalue weighted by Gasteiger charge is -2.25. The van der Waals surface area contributed by atoms with Crippen LogP contribution in [0.5, 0.6) is 0 Å². The predicted octanol–water partition coefficient (Wildman–Crippen LogP) is 0.515. The van der Waals surface area contributed by atoms with Crippen LogP contribution in [-0.2, 0) is 30.2 Å². The number of aromatic amines is 1. The summed E-state index contributed by atoms with van der Waals surface area (Å²) in [4.78, 5) is 48.2. The minimum atomic E-state index is -3.84. The fourth-order valence-corrected chi connectivity index (χ4v) is 2.88. The molecule has 27 heavy (non-hydrogen) atoms. The van der Waals surface area contributed by atoms with Crippen LogP contribution in [0.15, 0.2) is 15.8 Å². The first-order valence-electron chi connectivity index (χ1n) is 8.21. The lowest BCUT2D eigenvalue weighted by atomic mass is 10.1. The Bertz CT molecular complexity index is 848. The summed E-state index contributed by atoms with van der Waals surface area (Å²) in [5.74, 6) is -5.57. The summed E-state index contributed by atoms with van der Waals surface area (Å²) in [5.41, 5.74) is -1.71. The molecule has 0 aliphatic carbocycles. The molecule has 11 heteroatoms. The van der Waals surface area contributed by atoms with E-state index in [1.54, 1.807) is 6.92 Å². The van der Waals surface area contributed by atoms with Crippen LogP contribution in [0, 0.1) is 0 Å². The van der Waals surface area contributed by atoms with Crippen molar-refractivity contribution in [3.63, 3.8) is 0 Å². The van der Waals surface area contributed by atoms with E-state index in [4.69, 9.17) is 14.2 Å². The molecule has 4 atom stereocenters. The molecule has 1 aliphatic heterocycles. The van der Waals surface area contributed by atoms with Crippen molar-refractivity contribution in [1.29, 1.82) is 0 Å². The Kier molecular flexibility index (Phi) is 5.83. The van der Waals surface area contributed by atoms with E-state index in [0.29, 0.717) is 4.57 Å². The summed E-state index contributed by atoms with van der Waals surface area (Å²) in [6.45, 7) is 4.94. The number of aromatic nitrogens is 2. The van der Waals surface area contributed by atoms with Crippen LogP contribution in [0.25, 0.3) is 0 Å². The molecule has 0 bridgehead atoms. The number of esters is 2. The van der Waals surface area contributed by atoms with Gasteiger partial charge in [0.05, 0.1) is 0 Å². The molecule has 2 heterocycles. The fraction of sp³-hybridized carbons (Fsp3) is 0.625. The zero-order valence-electron chi connectivity index (χ0n) is 15.2. The smallest absolute Gasteiger partial charge is 0.331 e. The molecule has 1 aliphatic rings. The molecule has 1 aromatic rings. The van der Waals surface area contributed by atoms with E-state index >= 15 is 0 Å². The van der Waals surface area contributed by atoms with Crippen LogP contribution in [0.3, 0.4) is 0 Å². The highest BCUT2D eigenvalue weighted by atomic mass is 19.3. The number of carbonyl (C=O) groups is 2. The van der Waals surface area contributed by atoms with E-state index in [1.807, 2.05) is 4.98 Å². The molecule has 1 N–H and O–H groups in total. The molecular weight excluding hydrogens is 370 g/mol. The number of alkyl halides is 2. The van der Waals surface area contributed by atoms with Crippen molar-refractivity contribution < 1.29 is 32.6 Å². The van der Waals surface area contributed by atoms with Gasteiger partial charge in [0.2, 0.25) is 6.23 Å². The van der Waals surface area contributed by atoms with Gasteiger partial charge in [0.25, 0.3) is 5.56 Å². The van der Waals surface area contributed by atoms with Crippen molar-refractivity contribution in [3.8, 4) is 0 Å². The number of nitrogens with zero attached hydrogens (tertiary/aromatic N) is 1. The van der Waals surface area contributed by atoms with Crippen LogP contribution in [0.4, 0.5) is 8.78 Å². The van der Waals surface area contributed by atoms with E-state index in [2.05, 4.69) is 0 Å². The molecule has 1 fully saturated rings. The first-order chi connectivity index (χ1) is 12.5. The summed E-state index contributed by atoms with van der Waals surface area (Å²) in [6, 6.07) is 0. The number of H-pyrrole nitrogens is 1. The normalized spacial score (nSPS) is 25.0. The maximum atomic E-state index is 15.0. The Morgan fingerprint density at radius 3 is 2.48 bits per heavy atom. The molecule has 0 spiro atoms. The van der Waals surface area contributed by atoms with Gasteiger partial charge in [0.1, 0.15) is 12.2 Å². The first-order valence-corrected chi connectivity index (χ1v) is 8.21. The fourth-order valence-electron chi connectivity index (χ4n) is 2.88. The maximum Gasteiger partial charge on any atom is 0.331 e. The summed E-state index contributed by atoms with van der Waals surface area (Å²) in [6.07, 6.45) is -5.82. The van der Waals surface area contributed by atoms with Crippen molar-refractivity contribution in [1.82, 2.24) is 9.55 Å². The molecule has 4 unspecified atom stereocenters. The number of ether oxygens (including phenoxy) is 3. The Balaban J connectivity index is 2.52. The highest BCUT2D eigenvalue weighted by molar-refractivity contribution is 5.67. The van der Waals surface area contributed by atoms with Crippen LogP contribution >= 0.6 is 0 Å². The monoisotopic (exact) mass is 390 g/mol. The van der Waals surface area contributed by atoms with Crippen LogP contribution in [0.1, 0.15) is 39.5 Å². The quantitative estimate of drug-likeness (QED) is 0.728. The summed E-state index contributed by atoms with van der Waals surface area (Å²) in [7, 11) is 0. The predicted molar refractivity (Wildman–Crippen MR) is 86.3 cm³/mol. The van der Waals surface area contributed by atoms with Gasteiger partial charge in [-0.25, -0.2) is 4.79 Å². The second-order valence-corrected chi connectivity index (χ2v) is 6.15. The summed E-state index contributed by atoms with van der Waals surface area (Å²) in [5, 5.41) is 0. The van der Waals surface area contributed by atoms with Crippen molar-refractivity contribution in [3.05, 3.63) is 32.6 Å². The molecule has 0 aromatic carbocycles. The Hall–Kier alpha value is -2.56. The SMILES string of the molecule is CCc1cn(C2OC(C(C)OC(C)=O)C(OC(C)=O)C2(F)F)c(=O)[nH]c1=O. The van der Waals surface area contributed by atoms with Crippen LogP contribution in [-0.4, -0.2) is 45.7 Å². The third kappa shape index (κ3) is 4.07. The second kappa shape index (κ2) is 7.59. The zero-order chi connectivity index (χ0) is 20.5. The van der Waals surface area contributed by atoms with Gasteiger partial charge in [-0.05, 0) is 13.3 Å². The molecule has 1 aromatic heterocycles. The van der Waals surface area contributed by atoms with Gasteiger partial charge in [-0.2, -0.15) is 8.78 Å². The maximum absolute atomic E-state index is 15.0. The minimum absolute atomic E-state index is 0.0921. The standard InChI is InChI=1S/C16H20F2N2O7/c1-5-10-6-20(15(24)19-13(10)23)14-16(17,18)12(26-9(4)22)11(27-14)7(2)25-8(3)21/h6-7,11-12,14H,5H2,1-4H3,(H,19,23,24). The molecule has 0 radical (unpaired) electrons. The van der Waals surface area contributed by atoms with E-state index in [-0.39, 0.29) is 12.0 Å². The number of carbonyl (C=O) groups excluding carboxylic acids is 2. The number of rotatable bonds is 5. The van der Waals surface area contributed by atoms with Gasteiger partial charge in [-0.15, -0.1) is 0 Å². The topological polar surface area (TPSA) is 117 Å². The van der Waals surface area contributed by atoms with Crippen LogP contribution in [0.2, 0.25) is 0 Å². The number of hydrogen-bond acceptors (Lipinski definition) is 7. The van der Waals surface area contributed by atoms with Crippen LogP contribution < -0.4 is 11.2 Å². The van der Waals surface area contributed by atoms with Gasteiger partial charge in [-0.1, -0.05) is 6.92 Å². The van der Waals surface area contributed by atoms with Gasteiger partial charge in [-0.3, -0.25) is 23.9 Å². The highest BCUT2D eigenvalue weighted by Crippen LogP contribution is 2.45. The average molecular weight is 390 g/mol. The number of aryl methyl sites for hydroxylation is 1. The summed E-state index contributed by atoms with van der Waals surface area (Å²) < 4.78 is 45.4. The van der Waals surface area contributed by atoms with Crippen molar-refractivity contribution in [2.75, 3.05) is 0 Å². The van der Waals surface area contributed by atoms with Crippen molar-refractivity contribution >= 4 is 11.9 Å². The highest BCUT2D eigenvalue weighted by Gasteiger charge is 2.64. The minimum Gasteiger partial charge on any atom is -0.460 e. The second-order valence-electron chi connectivity index (χ2n) is 6.15. The van der Waals surface area contributed by atoms with Gasteiger partial charge in [0, 0.05) is 25.6 Å². The molecule has 150 valence electrons. The van der Waals surface area contributed by atoms with Gasteiger partial charge >= 0.3 is 23.6 Å². The van der Waals surface area contributed by atoms with Crippen molar-refractivity contribution in [2.45, 2.75) is 64.6 Å². The molecule has 0 amide bonds. The first kappa shape index (κ1) is 20.7.